The zero-order valence-electron chi connectivity index (χ0n) is 12.6. The molecule has 4 heteroatoms. The number of hydrogen-bond donors (Lipinski definition) is 1. The summed E-state index contributed by atoms with van der Waals surface area (Å²) in [5.41, 5.74) is 3.25. The van der Waals surface area contributed by atoms with E-state index in [2.05, 4.69) is 15.3 Å². The molecule has 2 unspecified atom stereocenters. The van der Waals surface area contributed by atoms with Crippen LogP contribution in [0.25, 0.3) is 12.2 Å². The molecule has 0 amide bonds. The Kier molecular flexibility index (Phi) is 3.60. The van der Waals surface area contributed by atoms with Gasteiger partial charge in [-0.3, -0.25) is 14.8 Å². The van der Waals surface area contributed by atoms with Gasteiger partial charge in [-0.1, -0.05) is 12.1 Å². The molecule has 1 N–H and O–H groups in total. The first-order valence-corrected chi connectivity index (χ1v) is 7.87. The lowest BCUT2D eigenvalue weighted by Gasteiger charge is -2.25. The Morgan fingerprint density at radius 1 is 0.870 bits per heavy atom. The summed E-state index contributed by atoms with van der Waals surface area (Å²) >= 11 is 0. The zero-order chi connectivity index (χ0) is 15.6. The lowest BCUT2D eigenvalue weighted by Crippen LogP contribution is -2.42. The number of carbonyl (C=O) groups excluding carboxylic acids is 1. The van der Waals surface area contributed by atoms with Gasteiger partial charge in [-0.2, -0.15) is 0 Å². The minimum atomic E-state index is 0.118. The van der Waals surface area contributed by atoms with Crippen LogP contribution in [-0.2, 0) is 4.79 Å². The summed E-state index contributed by atoms with van der Waals surface area (Å²) in [5, 5.41) is 3.55. The molecule has 4 heterocycles. The number of pyridine rings is 2. The lowest BCUT2D eigenvalue weighted by molar-refractivity contribution is -0.113. The normalized spacial score (nSPS) is 26.9. The molecule has 2 aliphatic heterocycles. The van der Waals surface area contributed by atoms with E-state index in [1.807, 2.05) is 48.6 Å². The third kappa shape index (κ3) is 2.73. The van der Waals surface area contributed by atoms with Crippen LogP contribution >= 0.6 is 0 Å². The summed E-state index contributed by atoms with van der Waals surface area (Å²) in [7, 11) is 0. The summed E-state index contributed by atoms with van der Waals surface area (Å²) in [6.45, 7) is 0. The standard InChI is InChI=1S/C19H17N3O/c23-19-15(11-13-5-1-3-9-20-13)17-7-8-18(22-17)16(19)12-14-6-2-4-10-21-14/h1-6,9-12,17-18,22H,7-8H2/b15-11+,16-12+. The average molecular weight is 303 g/mol. The van der Waals surface area contributed by atoms with Crippen molar-refractivity contribution < 1.29 is 4.79 Å². The van der Waals surface area contributed by atoms with Crippen molar-refractivity contribution >= 4 is 17.9 Å². The second-order valence-electron chi connectivity index (χ2n) is 5.89. The molecule has 23 heavy (non-hydrogen) atoms. The zero-order valence-corrected chi connectivity index (χ0v) is 12.6. The third-order valence-corrected chi connectivity index (χ3v) is 4.40. The first kappa shape index (κ1) is 14.0. The van der Waals surface area contributed by atoms with Crippen LogP contribution in [0.1, 0.15) is 24.2 Å². The van der Waals surface area contributed by atoms with Crippen molar-refractivity contribution in [1.82, 2.24) is 15.3 Å². The number of nitrogens with one attached hydrogen (secondary N) is 1. The van der Waals surface area contributed by atoms with Crippen molar-refractivity contribution in [3.8, 4) is 0 Å². The number of fused-ring (bicyclic) bond motifs is 2. The van der Waals surface area contributed by atoms with E-state index in [1.54, 1.807) is 12.4 Å². The van der Waals surface area contributed by atoms with Crippen LogP contribution in [0.15, 0.2) is 59.9 Å². The van der Waals surface area contributed by atoms with Gasteiger partial charge in [0.05, 0.1) is 11.4 Å². The summed E-state index contributed by atoms with van der Waals surface area (Å²) in [6, 6.07) is 11.7. The number of hydrogen-bond acceptors (Lipinski definition) is 4. The molecular formula is C19H17N3O. The highest BCUT2D eigenvalue weighted by molar-refractivity contribution is 6.16. The number of Topliss-reactive ketones (excluding diaryl/α,β-unsaturated/α-hetero) is 1. The highest BCUT2D eigenvalue weighted by Gasteiger charge is 2.40. The van der Waals surface area contributed by atoms with Crippen LogP contribution in [-0.4, -0.2) is 27.8 Å². The van der Waals surface area contributed by atoms with Crippen molar-refractivity contribution in [2.45, 2.75) is 24.9 Å². The highest BCUT2D eigenvalue weighted by atomic mass is 16.1. The van der Waals surface area contributed by atoms with E-state index in [0.29, 0.717) is 0 Å². The first-order chi connectivity index (χ1) is 11.3. The number of piperidine rings is 1. The van der Waals surface area contributed by atoms with E-state index < -0.39 is 0 Å². The third-order valence-electron chi connectivity index (χ3n) is 4.40. The van der Waals surface area contributed by atoms with E-state index in [4.69, 9.17) is 0 Å². The van der Waals surface area contributed by atoms with Crippen LogP contribution in [0, 0.1) is 0 Å². The molecule has 0 saturated carbocycles. The maximum absolute atomic E-state index is 13.0. The second-order valence-corrected chi connectivity index (χ2v) is 5.89. The predicted molar refractivity (Wildman–Crippen MR) is 89.4 cm³/mol. The molecule has 2 atom stereocenters. The van der Waals surface area contributed by atoms with Crippen LogP contribution in [0.4, 0.5) is 0 Å². The van der Waals surface area contributed by atoms with Crippen molar-refractivity contribution in [1.29, 1.82) is 0 Å². The molecule has 4 nitrogen and oxygen atoms in total. The van der Waals surface area contributed by atoms with Crippen molar-refractivity contribution in [3.63, 3.8) is 0 Å². The fourth-order valence-corrected chi connectivity index (χ4v) is 3.29. The van der Waals surface area contributed by atoms with Crippen LogP contribution in [0.2, 0.25) is 0 Å². The largest absolute Gasteiger partial charge is 0.303 e. The summed E-state index contributed by atoms with van der Waals surface area (Å²) in [4.78, 5) is 21.6. The monoisotopic (exact) mass is 303 g/mol. The molecule has 2 aliphatic rings. The summed E-state index contributed by atoms with van der Waals surface area (Å²) in [6.07, 6.45) is 9.27. The van der Waals surface area contributed by atoms with Gasteiger partial charge >= 0.3 is 0 Å². The molecule has 0 radical (unpaired) electrons. The number of aromatic nitrogens is 2. The van der Waals surface area contributed by atoms with Gasteiger partial charge in [0.25, 0.3) is 0 Å². The molecule has 2 saturated heterocycles. The van der Waals surface area contributed by atoms with Gasteiger partial charge in [0.2, 0.25) is 0 Å². The van der Waals surface area contributed by atoms with Crippen molar-refractivity contribution in [2.75, 3.05) is 0 Å². The van der Waals surface area contributed by atoms with Gasteiger partial charge in [-0.15, -0.1) is 0 Å². The molecule has 0 aliphatic carbocycles. The van der Waals surface area contributed by atoms with Gasteiger partial charge in [-0.25, -0.2) is 0 Å². The Bertz CT molecular complexity index is 715. The fourth-order valence-electron chi connectivity index (χ4n) is 3.29. The minimum Gasteiger partial charge on any atom is -0.303 e. The smallest absolute Gasteiger partial charge is 0.188 e. The van der Waals surface area contributed by atoms with E-state index in [0.717, 1.165) is 35.4 Å². The van der Waals surface area contributed by atoms with Gasteiger partial charge in [0, 0.05) is 35.6 Å². The van der Waals surface area contributed by atoms with Gasteiger partial charge < -0.3 is 5.32 Å². The van der Waals surface area contributed by atoms with E-state index in [9.17, 15) is 4.79 Å². The Hall–Kier alpha value is -2.59. The Balaban J connectivity index is 1.73. The highest BCUT2D eigenvalue weighted by Crippen LogP contribution is 2.33. The van der Waals surface area contributed by atoms with Crippen molar-refractivity contribution in [3.05, 3.63) is 71.3 Å². The molecule has 2 fully saturated rings. The Morgan fingerprint density at radius 3 is 1.83 bits per heavy atom. The van der Waals surface area contributed by atoms with Crippen LogP contribution < -0.4 is 5.32 Å². The number of ketones is 1. The maximum Gasteiger partial charge on any atom is 0.188 e. The minimum absolute atomic E-state index is 0.118. The fraction of sp³-hybridized carbons (Fsp3) is 0.211. The lowest BCUT2D eigenvalue weighted by atomic mass is 9.91. The average Bonchev–Trinajstić information content (AvgIpc) is 3.04. The van der Waals surface area contributed by atoms with E-state index in [-0.39, 0.29) is 17.9 Å². The van der Waals surface area contributed by atoms with Crippen molar-refractivity contribution in [2.24, 2.45) is 0 Å². The number of nitrogens with zero attached hydrogens (tertiary/aromatic N) is 2. The van der Waals surface area contributed by atoms with E-state index in [1.165, 1.54) is 0 Å². The summed E-state index contributed by atoms with van der Waals surface area (Å²) in [5.74, 6) is 0.118. The van der Waals surface area contributed by atoms with Crippen LogP contribution in [0.5, 0.6) is 0 Å². The Labute approximate surface area is 135 Å². The molecule has 0 aromatic carbocycles. The molecule has 2 aromatic heterocycles. The molecule has 2 bridgehead atoms. The van der Waals surface area contributed by atoms with Gasteiger partial charge in [0.1, 0.15) is 0 Å². The molecular weight excluding hydrogens is 286 g/mol. The maximum atomic E-state index is 13.0. The second kappa shape index (κ2) is 5.89. The number of rotatable bonds is 2. The van der Waals surface area contributed by atoms with Gasteiger partial charge in [0.15, 0.2) is 5.78 Å². The molecule has 2 aromatic rings. The topological polar surface area (TPSA) is 54.9 Å². The van der Waals surface area contributed by atoms with Gasteiger partial charge in [-0.05, 0) is 49.3 Å². The quantitative estimate of drug-likeness (QED) is 0.867. The summed E-state index contributed by atoms with van der Waals surface area (Å²) < 4.78 is 0. The van der Waals surface area contributed by atoms with E-state index >= 15 is 0 Å². The SMILES string of the molecule is O=C1/C(=C/c2ccccn2)C2CCC(N2)/C1=C\c1ccccn1. The van der Waals surface area contributed by atoms with Crippen LogP contribution in [0.3, 0.4) is 0 Å². The first-order valence-electron chi connectivity index (χ1n) is 7.87. The molecule has 114 valence electrons. The Morgan fingerprint density at radius 2 is 1.39 bits per heavy atom. The number of carbonyl (C=O) groups is 1. The molecule has 0 spiro atoms. The molecule has 4 rings (SSSR count). The predicted octanol–water partition coefficient (Wildman–Crippen LogP) is 2.65.